The Kier molecular flexibility index (Phi) is 5.52. The summed E-state index contributed by atoms with van der Waals surface area (Å²) in [5.74, 6) is -0.333. The van der Waals surface area contributed by atoms with Crippen LogP contribution in [0.5, 0.6) is 0 Å². The Hall–Kier alpha value is -1.43. The second kappa shape index (κ2) is 7.38. The van der Waals surface area contributed by atoms with Gasteiger partial charge in [-0.25, -0.2) is 0 Å². The molecule has 1 heterocycles. The van der Waals surface area contributed by atoms with E-state index in [4.69, 9.17) is 14.2 Å². The van der Waals surface area contributed by atoms with Crippen LogP contribution in [0.1, 0.15) is 18.9 Å². The van der Waals surface area contributed by atoms with Gasteiger partial charge in [0.2, 0.25) is 0 Å². The smallest absolute Gasteiger partial charge is 0.308 e. The molecular formula is C15H20O5. The molecule has 0 spiro atoms. The van der Waals surface area contributed by atoms with Gasteiger partial charge < -0.3 is 19.3 Å². The van der Waals surface area contributed by atoms with E-state index >= 15 is 0 Å². The van der Waals surface area contributed by atoms with Crippen LogP contribution in [0.25, 0.3) is 0 Å². The van der Waals surface area contributed by atoms with Crippen molar-refractivity contribution >= 4 is 5.97 Å². The molecule has 1 aliphatic rings. The minimum Gasteiger partial charge on any atom is -0.466 e. The summed E-state index contributed by atoms with van der Waals surface area (Å²) >= 11 is 0. The largest absolute Gasteiger partial charge is 0.466 e. The zero-order valence-corrected chi connectivity index (χ0v) is 11.5. The number of carbonyl (C=O) groups excluding carboxylic acids is 1. The fourth-order valence-corrected chi connectivity index (χ4v) is 2.20. The van der Waals surface area contributed by atoms with Crippen molar-refractivity contribution in [2.24, 2.45) is 0 Å². The molecule has 0 saturated carbocycles. The lowest BCUT2D eigenvalue weighted by atomic mass is 10.1. The van der Waals surface area contributed by atoms with Crippen LogP contribution in [0.3, 0.4) is 0 Å². The zero-order chi connectivity index (χ0) is 14.4. The second-order valence-corrected chi connectivity index (χ2v) is 4.71. The van der Waals surface area contributed by atoms with Crippen LogP contribution in [0.2, 0.25) is 0 Å². The van der Waals surface area contributed by atoms with Gasteiger partial charge in [0.25, 0.3) is 0 Å². The number of rotatable bonds is 6. The fraction of sp³-hybridized carbons (Fsp3) is 0.533. The van der Waals surface area contributed by atoms with Crippen LogP contribution in [-0.4, -0.2) is 42.6 Å². The highest BCUT2D eigenvalue weighted by atomic mass is 16.6. The minimum atomic E-state index is -0.710. The van der Waals surface area contributed by atoms with E-state index in [-0.39, 0.29) is 19.0 Å². The summed E-state index contributed by atoms with van der Waals surface area (Å²) in [6.07, 6.45) is -1.56. The molecule has 1 fully saturated rings. The Bertz CT molecular complexity index is 420. The Labute approximate surface area is 118 Å². The normalized spacial score (nSPS) is 25.6. The van der Waals surface area contributed by atoms with Crippen molar-refractivity contribution in [1.29, 1.82) is 0 Å². The van der Waals surface area contributed by atoms with Crippen LogP contribution in [-0.2, 0) is 25.6 Å². The van der Waals surface area contributed by atoms with Crippen LogP contribution in [0.15, 0.2) is 30.3 Å². The SMILES string of the molecule is CCOC(=O)C[C@@H]1OC[C@@H](O)[C@H]1OCc1ccccc1. The van der Waals surface area contributed by atoms with Crippen LogP contribution in [0, 0.1) is 0 Å². The summed E-state index contributed by atoms with van der Waals surface area (Å²) in [7, 11) is 0. The third-order valence-electron chi connectivity index (χ3n) is 3.19. The lowest BCUT2D eigenvalue weighted by Gasteiger charge is -2.20. The minimum absolute atomic E-state index is 0.102. The standard InChI is InChI=1S/C15H20O5/c1-2-18-14(17)8-13-15(12(16)10-19-13)20-9-11-6-4-3-5-7-11/h3-7,12-13,15-16H,2,8-10H2,1H3/t12-,13+,15-/m1/s1. The van der Waals surface area contributed by atoms with E-state index in [9.17, 15) is 9.90 Å². The van der Waals surface area contributed by atoms with Crippen molar-refractivity contribution in [1.82, 2.24) is 0 Å². The number of hydrogen-bond donors (Lipinski definition) is 1. The van der Waals surface area contributed by atoms with Gasteiger partial charge >= 0.3 is 5.97 Å². The Morgan fingerprint density at radius 1 is 1.40 bits per heavy atom. The summed E-state index contributed by atoms with van der Waals surface area (Å²) in [6.45, 7) is 2.66. The second-order valence-electron chi connectivity index (χ2n) is 4.71. The van der Waals surface area contributed by atoms with Gasteiger partial charge in [0.05, 0.1) is 32.3 Å². The van der Waals surface area contributed by atoms with Gasteiger partial charge in [-0.2, -0.15) is 0 Å². The van der Waals surface area contributed by atoms with Gasteiger partial charge in [-0.05, 0) is 12.5 Å². The Balaban J connectivity index is 1.88. The van der Waals surface area contributed by atoms with Crippen molar-refractivity contribution < 1.29 is 24.1 Å². The summed E-state index contributed by atoms with van der Waals surface area (Å²) in [5.41, 5.74) is 1.02. The lowest BCUT2D eigenvalue weighted by Crippen LogP contribution is -2.34. The topological polar surface area (TPSA) is 65.0 Å². The molecule has 110 valence electrons. The first-order valence-corrected chi connectivity index (χ1v) is 6.81. The van der Waals surface area contributed by atoms with Crippen LogP contribution < -0.4 is 0 Å². The number of ether oxygens (including phenoxy) is 3. The van der Waals surface area contributed by atoms with Crippen molar-refractivity contribution in [3.8, 4) is 0 Å². The summed E-state index contributed by atoms with van der Waals surface area (Å²) in [6, 6.07) is 9.68. The van der Waals surface area contributed by atoms with Gasteiger partial charge in [0.1, 0.15) is 12.2 Å². The monoisotopic (exact) mass is 280 g/mol. The highest BCUT2D eigenvalue weighted by Crippen LogP contribution is 2.22. The van der Waals surface area contributed by atoms with Crippen molar-refractivity contribution in [2.75, 3.05) is 13.2 Å². The van der Waals surface area contributed by atoms with Gasteiger partial charge in [0.15, 0.2) is 0 Å². The van der Waals surface area contributed by atoms with Crippen molar-refractivity contribution in [3.05, 3.63) is 35.9 Å². The van der Waals surface area contributed by atoms with E-state index in [1.165, 1.54) is 0 Å². The van der Waals surface area contributed by atoms with Gasteiger partial charge in [-0.15, -0.1) is 0 Å². The summed E-state index contributed by atoms with van der Waals surface area (Å²) in [4.78, 5) is 11.5. The molecule has 1 aliphatic heterocycles. The van der Waals surface area contributed by atoms with Gasteiger partial charge in [-0.3, -0.25) is 4.79 Å². The molecule has 1 saturated heterocycles. The predicted octanol–water partition coefficient (Wildman–Crippen LogP) is 1.28. The highest BCUT2D eigenvalue weighted by Gasteiger charge is 2.38. The molecule has 1 N–H and O–H groups in total. The van der Waals surface area contributed by atoms with E-state index in [0.29, 0.717) is 13.2 Å². The number of aliphatic hydroxyl groups is 1. The van der Waals surface area contributed by atoms with E-state index in [1.807, 2.05) is 30.3 Å². The first-order chi connectivity index (χ1) is 9.70. The highest BCUT2D eigenvalue weighted by molar-refractivity contribution is 5.70. The molecular weight excluding hydrogens is 260 g/mol. The molecule has 5 heteroatoms. The molecule has 0 amide bonds. The number of aliphatic hydroxyl groups excluding tert-OH is 1. The average Bonchev–Trinajstić information content (AvgIpc) is 2.78. The van der Waals surface area contributed by atoms with E-state index in [2.05, 4.69) is 0 Å². The molecule has 2 rings (SSSR count). The molecule has 1 aromatic rings. The molecule has 20 heavy (non-hydrogen) atoms. The summed E-state index contributed by atoms with van der Waals surface area (Å²) < 4.78 is 16.0. The van der Waals surface area contributed by atoms with E-state index < -0.39 is 18.3 Å². The molecule has 0 unspecified atom stereocenters. The maximum absolute atomic E-state index is 11.5. The molecule has 0 bridgehead atoms. The Morgan fingerprint density at radius 2 is 2.15 bits per heavy atom. The molecule has 3 atom stereocenters. The number of benzene rings is 1. The number of hydrogen-bond acceptors (Lipinski definition) is 5. The quantitative estimate of drug-likeness (QED) is 0.795. The predicted molar refractivity (Wildman–Crippen MR) is 72.0 cm³/mol. The van der Waals surface area contributed by atoms with E-state index in [0.717, 1.165) is 5.56 Å². The first-order valence-electron chi connectivity index (χ1n) is 6.81. The summed E-state index contributed by atoms with van der Waals surface area (Å²) in [5, 5.41) is 9.88. The maximum atomic E-state index is 11.5. The fourth-order valence-electron chi connectivity index (χ4n) is 2.20. The molecule has 0 radical (unpaired) electrons. The maximum Gasteiger partial charge on any atom is 0.308 e. The Morgan fingerprint density at radius 3 is 2.85 bits per heavy atom. The van der Waals surface area contributed by atoms with Gasteiger partial charge in [-0.1, -0.05) is 30.3 Å². The first kappa shape index (κ1) is 15.0. The lowest BCUT2D eigenvalue weighted by molar-refractivity contribution is -0.147. The zero-order valence-electron chi connectivity index (χ0n) is 11.5. The average molecular weight is 280 g/mol. The van der Waals surface area contributed by atoms with Crippen LogP contribution in [0.4, 0.5) is 0 Å². The van der Waals surface area contributed by atoms with Gasteiger partial charge in [0, 0.05) is 0 Å². The molecule has 1 aromatic carbocycles. The number of carbonyl (C=O) groups is 1. The molecule has 0 aliphatic carbocycles. The molecule has 5 nitrogen and oxygen atoms in total. The third kappa shape index (κ3) is 4.03. The van der Waals surface area contributed by atoms with Crippen molar-refractivity contribution in [2.45, 2.75) is 38.3 Å². The third-order valence-corrected chi connectivity index (χ3v) is 3.19. The van der Waals surface area contributed by atoms with E-state index in [1.54, 1.807) is 6.92 Å². The van der Waals surface area contributed by atoms with Crippen molar-refractivity contribution in [3.63, 3.8) is 0 Å². The van der Waals surface area contributed by atoms with Crippen LogP contribution >= 0.6 is 0 Å². The number of esters is 1. The molecule has 0 aromatic heterocycles.